The van der Waals surface area contributed by atoms with Gasteiger partial charge < -0.3 is 19.7 Å². The Bertz CT molecular complexity index is 641. The van der Waals surface area contributed by atoms with Crippen LogP contribution >= 0.6 is 0 Å². The summed E-state index contributed by atoms with van der Waals surface area (Å²) in [6.45, 7) is 3.97. The van der Waals surface area contributed by atoms with Gasteiger partial charge in [-0.15, -0.1) is 6.58 Å². The van der Waals surface area contributed by atoms with Crippen molar-refractivity contribution in [2.24, 2.45) is 0 Å². The van der Waals surface area contributed by atoms with Gasteiger partial charge in [0.2, 0.25) is 5.91 Å². The van der Waals surface area contributed by atoms with E-state index in [-0.39, 0.29) is 31.3 Å². The number of esters is 1. The number of carbonyl (C=O) groups excluding carboxylic acids is 3. The predicted molar refractivity (Wildman–Crippen MR) is 84.4 cm³/mol. The van der Waals surface area contributed by atoms with Gasteiger partial charge in [-0.1, -0.05) is 6.08 Å². The molecule has 122 valence electrons. The molecule has 7 nitrogen and oxygen atoms in total. The molecule has 1 N–H and O–H groups in total. The summed E-state index contributed by atoms with van der Waals surface area (Å²) in [5.41, 5.74) is 1.10. The maximum Gasteiger partial charge on any atom is 0.306 e. The zero-order valence-electron chi connectivity index (χ0n) is 12.8. The lowest BCUT2D eigenvalue weighted by Crippen LogP contribution is -2.38. The molecular formula is C16H18N2O5. The van der Waals surface area contributed by atoms with Crippen LogP contribution in [0, 0.1) is 0 Å². The Morgan fingerprint density at radius 2 is 2.22 bits per heavy atom. The van der Waals surface area contributed by atoms with Crippen molar-refractivity contribution in [2.45, 2.75) is 12.8 Å². The highest BCUT2D eigenvalue weighted by Crippen LogP contribution is 2.34. The topological polar surface area (TPSA) is 84.9 Å². The van der Waals surface area contributed by atoms with E-state index in [9.17, 15) is 14.4 Å². The van der Waals surface area contributed by atoms with Gasteiger partial charge in [0.15, 0.2) is 6.61 Å². The fourth-order valence-electron chi connectivity index (χ4n) is 2.15. The van der Waals surface area contributed by atoms with Gasteiger partial charge in [-0.05, 0) is 18.2 Å². The number of benzene rings is 1. The Labute approximate surface area is 133 Å². The van der Waals surface area contributed by atoms with E-state index in [1.54, 1.807) is 24.3 Å². The van der Waals surface area contributed by atoms with Crippen molar-refractivity contribution in [3.8, 4) is 5.75 Å². The molecule has 0 fully saturated rings. The van der Waals surface area contributed by atoms with E-state index in [1.807, 2.05) is 0 Å². The molecule has 1 aromatic carbocycles. The summed E-state index contributed by atoms with van der Waals surface area (Å²) >= 11 is 0. The van der Waals surface area contributed by atoms with E-state index < -0.39 is 5.97 Å². The summed E-state index contributed by atoms with van der Waals surface area (Å²) in [4.78, 5) is 36.3. The third-order valence-electron chi connectivity index (χ3n) is 3.28. The summed E-state index contributed by atoms with van der Waals surface area (Å²) < 4.78 is 9.86. The number of anilines is 2. The number of nitrogens with zero attached hydrogens (tertiary/aromatic N) is 1. The number of hydrogen-bond donors (Lipinski definition) is 1. The number of hydrogen-bond acceptors (Lipinski definition) is 5. The van der Waals surface area contributed by atoms with E-state index in [4.69, 9.17) is 4.74 Å². The highest BCUT2D eigenvalue weighted by molar-refractivity contribution is 6.00. The average Bonchev–Trinajstić information content (AvgIpc) is 2.55. The molecule has 2 rings (SSSR count). The molecule has 0 atom stereocenters. The number of fused-ring (bicyclic) bond motifs is 1. The monoisotopic (exact) mass is 318 g/mol. The lowest BCUT2D eigenvalue weighted by atomic mass is 10.2. The second kappa shape index (κ2) is 7.44. The molecule has 1 aromatic rings. The number of nitrogens with one attached hydrogen (secondary N) is 1. The van der Waals surface area contributed by atoms with Crippen molar-refractivity contribution >= 4 is 29.2 Å². The maximum absolute atomic E-state index is 11.9. The first-order chi connectivity index (χ1) is 11.0. The summed E-state index contributed by atoms with van der Waals surface area (Å²) in [5.74, 6) is -0.360. The van der Waals surface area contributed by atoms with Gasteiger partial charge in [0.25, 0.3) is 5.91 Å². The molecule has 23 heavy (non-hydrogen) atoms. The number of ether oxygens (including phenoxy) is 2. The number of methoxy groups -OCH3 is 1. The molecule has 0 bridgehead atoms. The number of rotatable bonds is 6. The Kier molecular flexibility index (Phi) is 5.35. The van der Waals surface area contributed by atoms with Crippen LogP contribution in [0.5, 0.6) is 5.75 Å². The predicted octanol–water partition coefficient (Wildman–Crippen LogP) is 1.49. The fourth-order valence-corrected chi connectivity index (χ4v) is 2.15. The molecule has 0 aromatic heterocycles. The first-order valence-corrected chi connectivity index (χ1v) is 7.10. The van der Waals surface area contributed by atoms with Crippen LogP contribution in [0.25, 0.3) is 0 Å². The number of amides is 2. The van der Waals surface area contributed by atoms with Crippen molar-refractivity contribution in [3.05, 3.63) is 30.9 Å². The summed E-state index contributed by atoms with van der Waals surface area (Å²) in [6, 6.07) is 5.02. The van der Waals surface area contributed by atoms with Crippen LogP contribution in [0.1, 0.15) is 12.8 Å². The highest BCUT2D eigenvalue weighted by atomic mass is 16.5. The van der Waals surface area contributed by atoms with E-state index in [2.05, 4.69) is 16.6 Å². The lowest BCUT2D eigenvalue weighted by Gasteiger charge is -2.28. The molecule has 1 aliphatic heterocycles. The van der Waals surface area contributed by atoms with Crippen molar-refractivity contribution in [2.75, 3.05) is 30.5 Å². The van der Waals surface area contributed by atoms with Gasteiger partial charge in [0.05, 0.1) is 19.2 Å². The summed E-state index contributed by atoms with van der Waals surface area (Å²) in [6.07, 6.45) is 1.65. The van der Waals surface area contributed by atoms with Crippen molar-refractivity contribution in [3.63, 3.8) is 0 Å². The Morgan fingerprint density at radius 3 is 2.91 bits per heavy atom. The van der Waals surface area contributed by atoms with Crippen LogP contribution in [-0.4, -0.2) is 38.0 Å². The zero-order chi connectivity index (χ0) is 16.8. The average molecular weight is 318 g/mol. The van der Waals surface area contributed by atoms with Crippen molar-refractivity contribution in [1.29, 1.82) is 0 Å². The van der Waals surface area contributed by atoms with Gasteiger partial charge in [-0.25, -0.2) is 0 Å². The molecule has 0 saturated carbocycles. The van der Waals surface area contributed by atoms with Crippen LogP contribution in [0.2, 0.25) is 0 Å². The molecule has 2 amide bonds. The van der Waals surface area contributed by atoms with Crippen LogP contribution in [0.3, 0.4) is 0 Å². The first kappa shape index (κ1) is 16.5. The molecule has 1 heterocycles. The number of carbonyl (C=O) groups is 3. The molecule has 0 unspecified atom stereocenters. The standard InChI is InChI=1S/C16H18N2O5/c1-3-8-18-12-9-11(4-5-13(12)23-10-15(18)20)17-14(19)6-7-16(21)22-2/h3-5,9H,1,6-8,10H2,2H3,(H,17,19). The van der Waals surface area contributed by atoms with E-state index in [1.165, 1.54) is 12.0 Å². The molecule has 0 aliphatic carbocycles. The summed E-state index contributed by atoms with van der Waals surface area (Å²) in [5, 5.41) is 2.68. The van der Waals surface area contributed by atoms with E-state index >= 15 is 0 Å². The molecule has 1 aliphatic rings. The fraction of sp³-hybridized carbons (Fsp3) is 0.312. The van der Waals surface area contributed by atoms with Gasteiger partial charge in [-0.3, -0.25) is 14.4 Å². The largest absolute Gasteiger partial charge is 0.482 e. The molecule has 0 radical (unpaired) electrons. The lowest BCUT2D eigenvalue weighted by molar-refractivity contribution is -0.141. The smallest absolute Gasteiger partial charge is 0.306 e. The van der Waals surface area contributed by atoms with Crippen LogP contribution in [0.15, 0.2) is 30.9 Å². The second-order valence-corrected chi connectivity index (χ2v) is 4.89. The SMILES string of the molecule is C=CCN1C(=O)COc2ccc(NC(=O)CCC(=O)OC)cc21. The Hall–Kier alpha value is -2.83. The molecule has 7 heteroatoms. The van der Waals surface area contributed by atoms with Crippen molar-refractivity contribution in [1.82, 2.24) is 0 Å². The minimum absolute atomic E-state index is 0.0114. The molecule has 0 spiro atoms. The quantitative estimate of drug-likeness (QED) is 0.634. The van der Waals surface area contributed by atoms with E-state index in [0.29, 0.717) is 23.7 Å². The Balaban J connectivity index is 2.10. The molecule has 0 saturated heterocycles. The minimum atomic E-state index is -0.443. The minimum Gasteiger partial charge on any atom is -0.482 e. The van der Waals surface area contributed by atoms with E-state index in [0.717, 1.165) is 0 Å². The third-order valence-corrected chi connectivity index (χ3v) is 3.28. The van der Waals surface area contributed by atoms with Gasteiger partial charge in [0.1, 0.15) is 5.75 Å². The van der Waals surface area contributed by atoms with Crippen molar-refractivity contribution < 1.29 is 23.9 Å². The van der Waals surface area contributed by atoms with Gasteiger partial charge in [0, 0.05) is 18.7 Å². The van der Waals surface area contributed by atoms with Crippen LogP contribution < -0.4 is 15.0 Å². The third kappa shape index (κ3) is 4.09. The van der Waals surface area contributed by atoms with Crippen LogP contribution in [-0.2, 0) is 19.1 Å². The normalized spacial score (nSPS) is 12.9. The maximum atomic E-state index is 11.9. The zero-order valence-corrected chi connectivity index (χ0v) is 12.8. The Morgan fingerprint density at radius 1 is 1.43 bits per heavy atom. The first-order valence-electron chi connectivity index (χ1n) is 7.10. The van der Waals surface area contributed by atoms with Gasteiger partial charge >= 0.3 is 5.97 Å². The summed E-state index contributed by atoms with van der Waals surface area (Å²) in [7, 11) is 1.27. The van der Waals surface area contributed by atoms with Crippen LogP contribution in [0.4, 0.5) is 11.4 Å². The molecular weight excluding hydrogens is 300 g/mol. The second-order valence-electron chi connectivity index (χ2n) is 4.89. The highest BCUT2D eigenvalue weighted by Gasteiger charge is 2.25. The van der Waals surface area contributed by atoms with Gasteiger partial charge in [-0.2, -0.15) is 0 Å².